The van der Waals surface area contributed by atoms with Crippen molar-refractivity contribution in [2.45, 2.75) is 19.3 Å². The summed E-state index contributed by atoms with van der Waals surface area (Å²) in [6.07, 6.45) is 0. The standard InChI is InChI=1S/C45H36N2O2S/c1-45(2)40-12-7-5-10-36(40)37-21-19-32(27-41(37)45)46(30-17-15-29(16-18-30)44-14-9-23-50-44)31-20-22-43-39(26-31)38-11-6-8-13-42(38)47(43)33-24-34(48-3)28-35(25-33)49-4/h5-28H,1-4H3. The summed E-state index contributed by atoms with van der Waals surface area (Å²) in [5, 5.41) is 4.49. The van der Waals surface area contributed by atoms with Crippen molar-refractivity contribution >= 4 is 50.2 Å². The lowest BCUT2D eigenvalue weighted by Gasteiger charge is -2.28. The molecule has 0 atom stereocenters. The summed E-state index contributed by atoms with van der Waals surface area (Å²) in [6.45, 7) is 4.69. The van der Waals surface area contributed by atoms with Crippen LogP contribution >= 0.6 is 11.3 Å². The Kier molecular flexibility index (Phi) is 7.08. The van der Waals surface area contributed by atoms with Gasteiger partial charge in [0.1, 0.15) is 11.5 Å². The van der Waals surface area contributed by atoms with E-state index in [0.29, 0.717) is 0 Å². The first-order valence-electron chi connectivity index (χ1n) is 16.9. The van der Waals surface area contributed by atoms with Gasteiger partial charge in [-0.25, -0.2) is 0 Å². The minimum absolute atomic E-state index is 0.105. The van der Waals surface area contributed by atoms with Gasteiger partial charge in [0, 0.05) is 56.3 Å². The molecule has 0 fully saturated rings. The molecule has 0 N–H and O–H groups in total. The van der Waals surface area contributed by atoms with Crippen molar-refractivity contribution in [1.82, 2.24) is 4.57 Å². The van der Waals surface area contributed by atoms with Gasteiger partial charge in [-0.3, -0.25) is 0 Å². The number of para-hydroxylation sites is 1. The van der Waals surface area contributed by atoms with Crippen LogP contribution < -0.4 is 14.4 Å². The van der Waals surface area contributed by atoms with E-state index in [1.165, 1.54) is 43.5 Å². The lowest BCUT2D eigenvalue weighted by Crippen LogP contribution is -2.16. The molecule has 4 nitrogen and oxygen atoms in total. The number of nitrogens with zero attached hydrogens (tertiary/aromatic N) is 2. The lowest BCUT2D eigenvalue weighted by atomic mass is 9.82. The first kappa shape index (κ1) is 30.3. The predicted octanol–water partition coefficient (Wildman–Crippen LogP) is 12.3. The highest BCUT2D eigenvalue weighted by Gasteiger charge is 2.35. The number of aromatic nitrogens is 1. The van der Waals surface area contributed by atoms with Crippen molar-refractivity contribution in [1.29, 1.82) is 0 Å². The van der Waals surface area contributed by atoms with Crippen molar-refractivity contribution in [3.8, 4) is 38.8 Å². The number of fused-ring (bicyclic) bond motifs is 6. The third-order valence-corrected chi connectivity index (χ3v) is 11.2. The molecule has 8 aromatic rings. The van der Waals surface area contributed by atoms with E-state index in [1.807, 2.05) is 6.07 Å². The molecule has 0 unspecified atom stereocenters. The minimum Gasteiger partial charge on any atom is -0.497 e. The van der Waals surface area contributed by atoms with E-state index in [4.69, 9.17) is 9.47 Å². The van der Waals surface area contributed by atoms with E-state index >= 15 is 0 Å². The molecule has 1 aliphatic rings. The molecule has 2 heterocycles. The van der Waals surface area contributed by atoms with Gasteiger partial charge in [-0.1, -0.05) is 80.6 Å². The molecule has 6 aromatic carbocycles. The number of rotatable bonds is 7. The maximum absolute atomic E-state index is 5.67. The second kappa shape index (κ2) is 11.7. The molecule has 0 radical (unpaired) electrons. The van der Waals surface area contributed by atoms with E-state index in [2.05, 4.69) is 162 Å². The van der Waals surface area contributed by atoms with Crippen molar-refractivity contribution in [3.63, 3.8) is 0 Å². The summed E-state index contributed by atoms with van der Waals surface area (Å²) in [7, 11) is 3.38. The van der Waals surface area contributed by atoms with E-state index in [-0.39, 0.29) is 5.41 Å². The third kappa shape index (κ3) is 4.72. The molecule has 0 aliphatic heterocycles. The van der Waals surface area contributed by atoms with Crippen LogP contribution in [0.1, 0.15) is 25.0 Å². The number of ether oxygens (including phenoxy) is 2. The zero-order valence-corrected chi connectivity index (χ0v) is 29.3. The number of hydrogen-bond acceptors (Lipinski definition) is 4. The molecule has 9 rings (SSSR count). The van der Waals surface area contributed by atoms with Gasteiger partial charge in [0.25, 0.3) is 0 Å². The monoisotopic (exact) mass is 668 g/mol. The molecular formula is C45H36N2O2S. The van der Waals surface area contributed by atoms with Gasteiger partial charge in [0.05, 0.1) is 30.9 Å². The molecule has 2 aromatic heterocycles. The van der Waals surface area contributed by atoms with E-state index in [9.17, 15) is 0 Å². The van der Waals surface area contributed by atoms with Gasteiger partial charge >= 0.3 is 0 Å². The molecule has 1 aliphatic carbocycles. The number of benzene rings is 6. The van der Waals surface area contributed by atoms with Crippen LogP contribution in [0.15, 0.2) is 145 Å². The first-order chi connectivity index (χ1) is 24.4. The van der Waals surface area contributed by atoms with Crippen LogP contribution in [-0.4, -0.2) is 18.8 Å². The van der Waals surface area contributed by atoms with Gasteiger partial charge in [0.2, 0.25) is 0 Å². The van der Waals surface area contributed by atoms with Crippen molar-refractivity contribution in [3.05, 3.63) is 156 Å². The highest BCUT2D eigenvalue weighted by atomic mass is 32.1. The Balaban J connectivity index is 1.25. The Morgan fingerprint density at radius 3 is 1.98 bits per heavy atom. The zero-order valence-electron chi connectivity index (χ0n) is 28.5. The number of hydrogen-bond donors (Lipinski definition) is 0. The first-order valence-corrected chi connectivity index (χ1v) is 17.8. The molecule has 50 heavy (non-hydrogen) atoms. The van der Waals surface area contributed by atoms with Crippen molar-refractivity contribution < 1.29 is 9.47 Å². The Morgan fingerprint density at radius 1 is 0.560 bits per heavy atom. The number of methoxy groups -OCH3 is 2. The van der Waals surface area contributed by atoms with Crippen LogP contribution in [0.4, 0.5) is 17.1 Å². The highest BCUT2D eigenvalue weighted by molar-refractivity contribution is 7.13. The molecule has 0 amide bonds. The van der Waals surface area contributed by atoms with Crippen molar-refractivity contribution in [2.75, 3.05) is 19.1 Å². The Labute approximate surface area is 296 Å². The van der Waals surface area contributed by atoms with Crippen LogP contribution in [0.3, 0.4) is 0 Å². The van der Waals surface area contributed by atoms with Crippen LogP contribution in [0.2, 0.25) is 0 Å². The van der Waals surface area contributed by atoms with E-state index in [1.54, 1.807) is 25.6 Å². The predicted molar refractivity (Wildman–Crippen MR) is 209 cm³/mol. The summed E-state index contributed by atoms with van der Waals surface area (Å²) in [4.78, 5) is 3.67. The molecule has 0 saturated carbocycles. The molecule has 0 bridgehead atoms. The maximum Gasteiger partial charge on any atom is 0.124 e. The largest absolute Gasteiger partial charge is 0.497 e. The fourth-order valence-electron chi connectivity index (χ4n) is 7.80. The van der Waals surface area contributed by atoms with Gasteiger partial charge < -0.3 is 18.9 Å². The van der Waals surface area contributed by atoms with Crippen molar-refractivity contribution in [2.24, 2.45) is 0 Å². The highest BCUT2D eigenvalue weighted by Crippen LogP contribution is 2.51. The normalized spacial score (nSPS) is 13.0. The van der Waals surface area contributed by atoms with E-state index < -0.39 is 0 Å². The summed E-state index contributed by atoms with van der Waals surface area (Å²) in [5.74, 6) is 1.50. The number of anilines is 3. The average molecular weight is 669 g/mol. The Hall–Kier alpha value is -5.78. The fraction of sp³-hybridized carbons (Fsp3) is 0.111. The second-order valence-corrected chi connectivity index (χ2v) is 14.3. The van der Waals surface area contributed by atoms with Gasteiger partial charge in [0.15, 0.2) is 0 Å². The Bertz CT molecular complexity index is 2520. The maximum atomic E-state index is 5.67. The molecule has 5 heteroatoms. The van der Waals surface area contributed by atoms with Crippen LogP contribution in [0.25, 0.3) is 49.1 Å². The van der Waals surface area contributed by atoms with E-state index in [0.717, 1.165) is 45.3 Å². The van der Waals surface area contributed by atoms with Crippen LogP contribution in [0, 0.1) is 0 Å². The summed E-state index contributed by atoms with van der Waals surface area (Å²) in [5.41, 5.74) is 13.1. The third-order valence-electron chi connectivity index (χ3n) is 10.3. The molecular weight excluding hydrogens is 633 g/mol. The second-order valence-electron chi connectivity index (χ2n) is 13.4. The van der Waals surface area contributed by atoms with Crippen LogP contribution in [0.5, 0.6) is 11.5 Å². The number of thiophene rings is 1. The average Bonchev–Trinajstić information content (AvgIpc) is 3.87. The van der Waals surface area contributed by atoms with Gasteiger partial charge in [-0.05, 0) is 87.8 Å². The van der Waals surface area contributed by atoms with Gasteiger partial charge in [-0.15, -0.1) is 11.3 Å². The SMILES string of the molecule is COc1cc(OC)cc(-n2c3ccccc3c3cc(N(c4ccc(-c5cccs5)cc4)c4ccc5c(c4)C(C)(C)c4ccccc4-5)ccc32)c1. The lowest BCUT2D eigenvalue weighted by molar-refractivity contribution is 0.394. The van der Waals surface area contributed by atoms with Crippen LogP contribution in [-0.2, 0) is 5.41 Å². The Morgan fingerprint density at radius 2 is 1.22 bits per heavy atom. The summed E-state index contributed by atoms with van der Waals surface area (Å²) < 4.78 is 13.6. The molecule has 244 valence electrons. The quantitative estimate of drug-likeness (QED) is 0.169. The molecule has 0 saturated heterocycles. The smallest absolute Gasteiger partial charge is 0.124 e. The zero-order chi connectivity index (χ0) is 34.0. The minimum atomic E-state index is -0.105. The molecule has 0 spiro atoms. The summed E-state index contributed by atoms with van der Waals surface area (Å²) >= 11 is 1.77. The topological polar surface area (TPSA) is 26.6 Å². The summed E-state index contributed by atoms with van der Waals surface area (Å²) in [6, 6.07) is 50.6. The van der Waals surface area contributed by atoms with Gasteiger partial charge in [-0.2, -0.15) is 0 Å². The fourth-order valence-corrected chi connectivity index (χ4v) is 8.53.